The Labute approximate surface area is 150 Å². The molecule has 3 N–H and O–H groups in total. The molecule has 3 rings (SSSR count). The number of nitrogens with one attached hydrogen (secondary N) is 2. The molecule has 3 aromatic rings. The number of fused-ring (bicyclic) bond motifs is 1. The molecule has 0 aliphatic rings. The number of hydrogen-bond acceptors (Lipinski definition) is 7. The highest BCUT2D eigenvalue weighted by Gasteiger charge is 2.09. The van der Waals surface area contributed by atoms with Crippen molar-refractivity contribution in [2.45, 2.75) is 6.92 Å². The van der Waals surface area contributed by atoms with Crippen LogP contribution < -0.4 is 15.7 Å². The van der Waals surface area contributed by atoms with Gasteiger partial charge in [-0.3, -0.25) is 15.0 Å². The molecule has 0 atom stereocenters. The zero-order valence-electron chi connectivity index (χ0n) is 14.6. The molecule has 1 amide bonds. The molecular formula is C18H20N6O2. The summed E-state index contributed by atoms with van der Waals surface area (Å²) in [6.45, 7) is 3.40. The van der Waals surface area contributed by atoms with Crippen molar-refractivity contribution in [2.75, 3.05) is 30.4 Å². The minimum absolute atomic E-state index is 0.196. The fourth-order valence-electron chi connectivity index (χ4n) is 2.57. The van der Waals surface area contributed by atoms with Crippen LogP contribution in [0.25, 0.3) is 10.9 Å². The summed E-state index contributed by atoms with van der Waals surface area (Å²) in [6.07, 6.45) is 4.54. The Kier molecular flexibility index (Phi) is 5.23. The SMILES string of the molecule is Cc1ccc2c(NCCN(C)c3ncc(C(=O)NO)cn3)ccnc2c1. The van der Waals surface area contributed by atoms with Gasteiger partial charge in [-0.05, 0) is 24.6 Å². The van der Waals surface area contributed by atoms with Crippen molar-refractivity contribution in [1.29, 1.82) is 0 Å². The molecule has 134 valence electrons. The first kappa shape index (κ1) is 17.6. The minimum atomic E-state index is -0.638. The van der Waals surface area contributed by atoms with Crippen LogP contribution in [0, 0.1) is 6.92 Å². The summed E-state index contributed by atoms with van der Waals surface area (Å²) in [6, 6.07) is 8.15. The van der Waals surface area contributed by atoms with Crippen molar-refractivity contribution in [3.8, 4) is 0 Å². The number of aryl methyl sites for hydroxylation is 1. The standard InChI is InChI=1S/C18H20N6O2/c1-12-3-4-14-15(5-6-19-16(14)9-12)20-7-8-24(2)18-21-10-13(11-22-18)17(25)23-26/h3-6,9-11,26H,7-8H2,1-2H3,(H,19,20)(H,23,25). The molecule has 0 spiro atoms. The van der Waals surface area contributed by atoms with Gasteiger partial charge in [0, 0.05) is 49.8 Å². The Morgan fingerprint density at radius 3 is 2.69 bits per heavy atom. The number of carbonyl (C=O) groups is 1. The van der Waals surface area contributed by atoms with Gasteiger partial charge in [-0.2, -0.15) is 0 Å². The van der Waals surface area contributed by atoms with Gasteiger partial charge in [0.25, 0.3) is 5.91 Å². The molecule has 0 unspecified atom stereocenters. The number of carbonyl (C=O) groups excluding carboxylic acids is 1. The third kappa shape index (κ3) is 3.86. The smallest absolute Gasteiger partial charge is 0.277 e. The Balaban J connectivity index is 1.62. The zero-order chi connectivity index (χ0) is 18.5. The predicted molar refractivity (Wildman–Crippen MR) is 99.5 cm³/mol. The van der Waals surface area contributed by atoms with E-state index in [4.69, 9.17) is 5.21 Å². The van der Waals surface area contributed by atoms with Crippen molar-refractivity contribution >= 4 is 28.4 Å². The summed E-state index contributed by atoms with van der Waals surface area (Å²) < 4.78 is 0. The number of rotatable bonds is 6. The van der Waals surface area contributed by atoms with Gasteiger partial charge >= 0.3 is 0 Å². The molecule has 0 radical (unpaired) electrons. The first-order valence-corrected chi connectivity index (χ1v) is 8.15. The van der Waals surface area contributed by atoms with E-state index >= 15 is 0 Å². The van der Waals surface area contributed by atoms with Crippen molar-refractivity contribution < 1.29 is 10.0 Å². The Morgan fingerprint density at radius 1 is 1.19 bits per heavy atom. The summed E-state index contributed by atoms with van der Waals surface area (Å²) >= 11 is 0. The van der Waals surface area contributed by atoms with Crippen molar-refractivity contribution in [2.24, 2.45) is 0 Å². The van der Waals surface area contributed by atoms with Crippen LogP contribution in [0.4, 0.5) is 11.6 Å². The van der Waals surface area contributed by atoms with Gasteiger partial charge in [0.2, 0.25) is 5.95 Å². The lowest BCUT2D eigenvalue weighted by molar-refractivity contribution is 0.0705. The molecule has 2 heterocycles. The maximum Gasteiger partial charge on any atom is 0.277 e. The topological polar surface area (TPSA) is 103 Å². The van der Waals surface area contributed by atoms with Crippen molar-refractivity contribution in [3.63, 3.8) is 0 Å². The number of anilines is 2. The minimum Gasteiger partial charge on any atom is -0.383 e. The molecule has 1 aromatic carbocycles. The first-order valence-electron chi connectivity index (χ1n) is 8.15. The average Bonchev–Trinajstić information content (AvgIpc) is 2.67. The van der Waals surface area contributed by atoms with E-state index < -0.39 is 5.91 Å². The number of pyridine rings is 1. The van der Waals surface area contributed by atoms with Gasteiger partial charge in [-0.25, -0.2) is 15.4 Å². The van der Waals surface area contributed by atoms with E-state index in [2.05, 4.69) is 38.5 Å². The third-order valence-corrected chi connectivity index (χ3v) is 4.00. The zero-order valence-corrected chi connectivity index (χ0v) is 14.6. The number of hydroxylamine groups is 1. The predicted octanol–water partition coefficient (Wildman–Crippen LogP) is 2.00. The molecule has 2 aromatic heterocycles. The van der Waals surface area contributed by atoms with Crippen LogP contribution in [-0.2, 0) is 0 Å². The molecule has 0 fully saturated rings. The highest BCUT2D eigenvalue weighted by molar-refractivity contribution is 5.92. The van der Waals surface area contributed by atoms with Crippen LogP contribution in [0.1, 0.15) is 15.9 Å². The fraction of sp³-hybridized carbons (Fsp3) is 0.222. The summed E-state index contributed by atoms with van der Waals surface area (Å²) in [5.74, 6) is -0.142. The van der Waals surface area contributed by atoms with E-state index in [0.29, 0.717) is 19.0 Å². The molecule has 26 heavy (non-hydrogen) atoms. The van der Waals surface area contributed by atoms with Gasteiger partial charge in [-0.1, -0.05) is 12.1 Å². The molecule has 0 aliphatic carbocycles. The second-order valence-electron chi connectivity index (χ2n) is 5.94. The molecule has 0 saturated carbocycles. The summed E-state index contributed by atoms with van der Waals surface area (Å²) in [5, 5.41) is 13.1. The van der Waals surface area contributed by atoms with E-state index in [-0.39, 0.29) is 5.56 Å². The summed E-state index contributed by atoms with van der Waals surface area (Å²) in [5.41, 5.74) is 4.92. The number of hydrogen-bond donors (Lipinski definition) is 3. The maximum absolute atomic E-state index is 11.3. The van der Waals surface area contributed by atoms with E-state index in [0.717, 1.165) is 16.6 Å². The highest BCUT2D eigenvalue weighted by Crippen LogP contribution is 2.22. The van der Waals surface area contributed by atoms with E-state index in [1.54, 1.807) is 11.7 Å². The van der Waals surface area contributed by atoms with Gasteiger partial charge in [-0.15, -0.1) is 0 Å². The number of benzene rings is 1. The van der Waals surface area contributed by atoms with Crippen LogP contribution in [0.3, 0.4) is 0 Å². The Bertz CT molecular complexity index is 913. The molecule has 8 heteroatoms. The van der Waals surface area contributed by atoms with Crippen molar-refractivity contribution in [3.05, 3.63) is 54.0 Å². The number of likely N-dealkylation sites (N-methyl/N-ethyl adjacent to an activating group) is 1. The van der Waals surface area contributed by atoms with Gasteiger partial charge in [0.05, 0.1) is 11.1 Å². The molecule has 8 nitrogen and oxygen atoms in total. The normalized spacial score (nSPS) is 10.6. The highest BCUT2D eigenvalue weighted by atomic mass is 16.5. The van der Waals surface area contributed by atoms with E-state index in [1.165, 1.54) is 18.0 Å². The van der Waals surface area contributed by atoms with Crippen LogP contribution in [0.2, 0.25) is 0 Å². The largest absolute Gasteiger partial charge is 0.383 e. The molecule has 0 saturated heterocycles. The number of amides is 1. The second-order valence-corrected chi connectivity index (χ2v) is 5.94. The Morgan fingerprint density at radius 2 is 1.96 bits per heavy atom. The molecule has 0 bridgehead atoms. The average molecular weight is 352 g/mol. The lowest BCUT2D eigenvalue weighted by atomic mass is 10.1. The number of aromatic nitrogens is 3. The first-order chi connectivity index (χ1) is 12.6. The van der Waals surface area contributed by atoms with Gasteiger partial charge in [0.15, 0.2) is 0 Å². The number of nitrogens with zero attached hydrogens (tertiary/aromatic N) is 4. The lowest BCUT2D eigenvalue weighted by Crippen LogP contribution is -2.27. The quantitative estimate of drug-likeness (QED) is 0.460. The van der Waals surface area contributed by atoms with Crippen LogP contribution in [-0.4, -0.2) is 46.2 Å². The van der Waals surface area contributed by atoms with Crippen LogP contribution in [0.5, 0.6) is 0 Å². The van der Waals surface area contributed by atoms with E-state index in [9.17, 15) is 4.79 Å². The fourth-order valence-corrected chi connectivity index (χ4v) is 2.57. The monoisotopic (exact) mass is 352 g/mol. The second kappa shape index (κ2) is 7.75. The molecular weight excluding hydrogens is 332 g/mol. The van der Waals surface area contributed by atoms with E-state index in [1.807, 2.05) is 24.9 Å². The molecule has 0 aliphatic heterocycles. The maximum atomic E-state index is 11.3. The van der Waals surface area contributed by atoms with Crippen molar-refractivity contribution in [1.82, 2.24) is 20.4 Å². The van der Waals surface area contributed by atoms with Crippen LogP contribution in [0.15, 0.2) is 42.9 Å². The third-order valence-electron chi connectivity index (χ3n) is 4.00. The summed E-state index contributed by atoms with van der Waals surface area (Å²) in [4.78, 5) is 25.8. The van der Waals surface area contributed by atoms with Gasteiger partial charge in [0.1, 0.15) is 0 Å². The van der Waals surface area contributed by atoms with Crippen LogP contribution >= 0.6 is 0 Å². The van der Waals surface area contributed by atoms with Gasteiger partial charge < -0.3 is 10.2 Å². The lowest BCUT2D eigenvalue weighted by Gasteiger charge is -2.18. The Hall–Kier alpha value is -3.26. The summed E-state index contributed by atoms with van der Waals surface area (Å²) in [7, 11) is 1.87.